The Hall–Kier alpha value is -2.27. The molecule has 2 heterocycles. The molecule has 0 aliphatic carbocycles. The molecule has 4 nitrogen and oxygen atoms in total. The molecular formula is C18H17N3OS. The molecule has 0 saturated carbocycles. The van der Waals surface area contributed by atoms with Crippen LogP contribution in [0.2, 0.25) is 0 Å². The zero-order chi connectivity index (χ0) is 15.9. The first-order valence-corrected chi connectivity index (χ1v) is 8.42. The van der Waals surface area contributed by atoms with Gasteiger partial charge in [-0.15, -0.1) is 0 Å². The molecule has 23 heavy (non-hydrogen) atoms. The normalized spacial score (nSPS) is 21.2. The maximum Gasteiger partial charge on any atom is 0.168 e. The van der Waals surface area contributed by atoms with Gasteiger partial charge in [0.15, 0.2) is 4.87 Å². The Morgan fingerprint density at radius 2 is 2.00 bits per heavy atom. The van der Waals surface area contributed by atoms with E-state index >= 15 is 0 Å². The van der Waals surface area contributed by atoms with Crippen LogP contribution < -0.4 is 10.2 Å². The molecule has 116 valence electrons. The van der Waals surface area contributed by atoms with Crippen molar-refractivity contribution < 1.29 is 4.74 Å². The van der Waals surface area contributed by atoms with E-state index in [-0.39, 0.29) is 4.87 Å². The van der Waals surface area contributed by atoms with Gasteiger partial charge >= 0.3 is 0 Å². The van der Waals surface area contributed by atoms with Crippen LogP contribution in [0, 0.1) is 0 Å². The van der Waals surface area contributed by atoms with E-state index in [0.29, 0.717) is 0 Å². The Morgan fingerprint density at radius 1 is 1.17 bits per heavy atom. The summed E-state index contributed by atoms with van der Waals surface area (Å²) in [7, 11) is 1.67. The third-order valence-corrected chi connectivity index (χ3v) is 5.43. The van der Waals surface area contributed by atoms with Crippen LogP contribution in [0.15, 0.2) is 52.6 Å². The van der Waals surface area contributed by atoms with Gasteiger partial charge in [-0.05, 0) is 48.4 Å². The fourth-order valence-corrected chi connectivity index (χ4v) is 3.92. The Morgan fingerprint density at radius 3 is 2.74 bits per heavy atom. The summed E-state index contributed by atoms with van der Waals surface area (Å²) in [5.74, 6) is 0.848. The summed E-state index contributed by atoms with van der Waals surface area (Å²) in [6.07, 6.45) is 2.97. The van der Waals surface area contributed by atoms with Gasteiger partial charge in [0.2, 0.25) is 0 Å². The highest BCUT2D eigenvalue weighted by Crippen LogP contribution is 2.47. The van der Waals surface area contributed by atoms with Gasteiger partial charge < -0.3 is 4.74 Å². The second-order valence-electron chi connectivity index (χ2n) is 5.56. The number of aliphatic imine (C=N–C) groups is 1. The van der Waals surface area contributed by atoms with Gasteiger partial charge in [-0.1, -0.05) is 24.8 Å². The molecule has 0 radical (unpaired) electrons. The number of methoxy groups -OCH3 is 1. The summed E-state index contributed by atoms with van der Waals surface area (Å²) in [6, 6.07) is 14.4. The quantitative estimate of drug-likeness (QED) is 0.934. The minimum absolute atomic E-state index is 0.379. The van der Waals surface area contributed by atoms with Gasteiger partial charge in [-0.25, -0.2) is 0 Å². The molecule has 0 saturated heterocycles. The standard InChI is InChI=1S/C18H17N3OS/c1-3-12-4-9-16-15(10-12)18(11-19-16)21-20-17(23-18)13-5-7-14(22-2)8-6-13/h4-11,21H,3H2,1-2H3. The molecule has 1 atom stereocenters. The van der Waals surface area contributed by atoms with Crippen molar-refractivity contribution in [3.8, 4) is 5.75 Å². The van der Waals surface area contributed by atoms with E-state index in [4.69, 9.17) is 4.74 Å². The topological polar surface area (TPSA) is 46.0 Å². The van der Waals surface area contributed by atoms with Crippen molar-refractivity contribution in [2.75, 3.05) is 7.11 Å². The monoisotopic (exact) mass is 323 g/mol. The number of hydrogen-bond acceptors (Lipinski definition) is 5. The SMILES string of the molecule is CCc1ccc2c(c1)C1(C=N2)NN=C(c2ccc(OC)cc2)S1. The number of rotatable bonds is 3. The number of benzene rings is 2. The first-order chi connectivity index (χ1) is 11.2. The third-order valence-electron chi connectivity index (χ3n) is 4.17. The van der Waals surface area contributed by atoms with E-state index in [2.05, 4.69) is 40.6 Å². The number of ether oxygens (including phenoxy) is 1. The number of hydrogen-bond donors (Lipinski definition) is 1. The molecule has 0 bridgehead atoms. The zero-order valence-electron chi connectivity index (χ0n) is 13.0. The first kappa shape index (κ1) is 14.3. The molecule has 1 N–H and O–H groups in total. The highest BCUT2D eigenvalue weighted by Gasteiger charge is 2.42. The molecule has 4 rings (SSSR count). The average molecular weight is 323 g/mol. The minimum Gasteiger partial charge on any atom is -0.497 e. The second kappa shape index (κ2) is 5.42. The van der Waals surface area contributed by atoms with Crippen molar-refractivity contribution in [1.29, 1.82) is 0 Å². The lowest BCUT2D eigenvalue weighted by Gasteiger charge is -2.20. The van der Waals surface area contributed by atoms with Gasteiger partial charge in [0.1, 0.15) is 10.8 Å². The predicted octanol–water partition coefficient (Wildman–Crippen LogP) is 3.82. The molecule has 0 amide bonds. The molecule has 1 unspecified atom stereocenters. The van der Waals surface area contributed by atoms with E-state index in [1.54, 1.807) is 18.9 Å². The van der Waals surface area contributed by atoms with Gasteiger partial charge in [-0.2, -0.15) is 5.10 Å². The van der Waals surface area contributed by atoms with E-state index < -0.39 is 0 Å². The van der Waals surface area contributed by atoms with Crippen molar-refractivity contribution in [1.82, 2.24) is 5.43 Å². The van der Waals surface area contributed by atoms with Crippen molar-refractivity contribution >= 4 is 28.7 Å². The summed E-state index contributed by atoms with van der Waals surface area (Å²) >= 11 is 1.70. The van der Waals surface area contributed by atoms with Gasteiger partial charge in [0, 0.05) is 17.3 Å². The fourth-order valence-electron chi connectivity index (χ4n) is 2.80. The third kappa shape index (κ3) is 2.32. The summed E-state index contributed by atoms with van der Waals surface area (Å²) in [6.45, 7) is 2.17. The van der Waals surface area contributed by atoms with Gasteiger partial charge in [0.05, 0.1) is 12.8 Å². The summed E-state index contributed by atoms with van der Waals surface area (Å²) in [4.78, 5) is 4.18. The number of nitrogens with one attached hydrogen (secondary N) is 1. The largest absolute Gasteiger partial charge is 0.497 e. The van der Waals surface area contributed by atoms with Crippen LogP contribution in [-0.4, -0.2) is 18.4 Å². The van der Waals surface area contributed by atoms with Crippen molar-refractivity contribution in [3.05, 3.63) is 59.2 Å². The number of thioether (sulfide) groups is 1. The summed E-state index contributed by atoms with van der Waals surface area (Å²) in [5, 5.41) is 5.52. The van der Waals surface area contributed by atoms with Crippen molar-refractivity contribution in [3.63, 3.8) is 0 Å². The van der Waals surface area contributed by atoms with Crippen LogP contribution in [0.1, 0.15) is 23.6 Å². The van der Waals surface area contributed by atoms with Gasteiger partial charge in [-0.3, -0.25) is 10.4 Å². The molecule has 2 aromatic rings. The number of aryl methyl sites for hydroxylation is 1. The van der Waals surface area contributed by atoms with E-state index in [1.165, 1.54) is 11.1 Å². The summed E-state index contributed by atoms with van der Waals surface area (Å²) < 4.78 is 5.21. The summed E-state index contributed by atoms with van der Waals surface area (Å²) in [5.41, 5.74) is 7.89. The molecule has 2 aliphatic heterocycles. The molecule has 2 aromatic carbocycles. The Kier molecular flexibility index (Phi) is 3.38. The van der Waals surface area contributed by atoms with E-state index in [1.807, 2.05) is 30.5 Å². The molecular weight excluding hydrogens is 306 g/mol. The molecule has 1 spiro atoms. The average Bonchev–Trinajstić information content (AvgIpc) is 3.20. The zero-order valence-corrected chi connectivity index (χ0v) is 13.9. The molecule has 0 aromatic heterocycles. The number of nitrogens with zero attached hydrogens (tertiary/aromatic N) is 2. The predicted molar refractivity (Wildman–Crippen MR) is 95.9 cm³/mol. The van der Waals surface area contributed by atoms with E-state index in [9.17, 15) is 0 Å². The highest BCUT2D eigenvalue weighted by atomic mass is 32.2. The van der Waals surface area contributed by atoms with E-state index in [0.717, 1.165) is 28.5 Å². The lowest BCUT2D eigenvalue weighted by Crippen LogP contribution is -2.32. The van der Waals surface area contributed by atoms with Crippen LogP contribution in [0.3, 0.4) is 0 Å². The number of hydrazone groups is 1. The fraction of sp³-hybridized carbons (Fsp3) is 0.222. The molecule has 5 heteroatoms. The Bertz CT molecular complexity index is 814. The van der Waals surface area contributed by atoms with Crippen molar-refractivity contribution in [2.24, 2.45) is 10.1 Å². The smallest absolute Gasteiger partial charge is 0.168 e. The Balaban J connectivity index is 1.64. The number of fused-ring (bicyclic) bond motifs is 2. The van der Waals surface area contributed by atoms with Crippen LogP contribution >= 0.6 is 11.8 Å². The van der Waals surface area contributed by atoms with Crippen LogP contribution in [0.4, 0.5) is 5.69 Å². The second-order valence-corrected chi connectivity index (χ2v) is 6.79. The van der Waals surface area contributed by atoms with Crippen molar-refractivity contribution in [2.45, 2.75) is 18.2 Å². The minimum atomic E-state index is -0.379. The van der Waals surface area contributed by atoms with Crippen LogP contribution in [0.5, 0.6) is 5.75 Å². The maximum atomic E-state index is 5.21. The molecule has 0 fully saturated rings. The lowest BCUT2D eigenvalue weighted by atomic mass is 10.0. The first-order valence-electron chi connectivity index (χ1n) is 7.61. The lowest BCUT2D eigenvalue weighted by molar-refractivity contribution is 0.415. The highest BCUT2D eigenvalue weighted by molar-refractivity contribution is 8.16. The van der Waals surface area contributed by atoms with Crippen LogP contribution in [-0.2, 0) is 11.3 Å². The Labute approximate surface area is 139 Å². The van der Waals surface area contributed by atoms with Crippen LogP contribution in [0.25, 0.3) is 0 Å². The molecule has 2 aliphatic rings. The van der Waals surface area contributed by atoms with Gasteiger partial charge in [0.25, 0.3) is 0 Å². The maximum absolute atomic E-state index is 5.21.